The maximum atomic E-state index is 4.50. The molecule has 82 valence electrons. The van der Waals surface area contributed by atoms with Gasteiger partial charge in [-0.2, -0.15) is 0 Å². The van der Waals surface area contributed by atoms with Crippen molar-refractivity contribution in [3.05, 3.63) is 22.3 Å². The van der Waals surface area contributed by atoms with Crippen molar-refractivity contribution in [3.8, 4) is 0 Å². The number of hydrogen-bond donors (Lipinski definition) is 1. The van der Waals surface area contributed by atoms with Crippen LogP contribution in [0.4, 0.5) is 5.82 Å². The van der Waals surface area contributed by atoms with Crippen molar-refractivity contribution < 1.29 is 0 Å². The lowest BCUT2D eigenvalue weighted by Gasteiger charge is -2.35. The first kappa shape index (κ1) is 10.9. The normalized spacial score (nSPS) is 21.8. The average Bonchev–Trinajstić information content (AvgIpc) is 2.20. The Labute approximate surface area is 99.0 Å². The van der Waals surface area contributed by atoms with E-state index < -0.39 is 0 Å². The van der Waals surface area contributed by atoms with E-state index in [4.69, 9.17) is 0 Å². The summed E-state index contributed by atoms with van der Waals surface area (Å²) < 4.78 is 1.05. The van der Waals surface area contributed by atoms with Crippen molar-refractivity contribution in [3.63, 3.8) is 0 Å². The van der Waals surface area contributed by atoms with Gasteiger partial charge in [-0.05, 0) is 41.4 Å². The van der Waals surface area contributed by atoms with Gasteiger partial charge in [0.05, 0.1) is 0 Å². The Morgan fingerprint density at radius 1 is 1.60 bits per heavy atom. The zero-order valence-electron chi connectivity index (χ0n) is 9.13. The molecule has 1 atom stereocenters. The molecule has 1 aliphatic heterocycles. The number of aryl methyl sites for hydroxylation is 1. The predicted molar refractivity (Wildman–Crippen MR) is 66.4 cm³/mol. The van der Waals surface area contributed by atoms with Crippen LogP contribution in [0, 0.1) is 6.92 Å². The fourth-order valence-corrected chi connectivity index (χ4v) is 2.44. The molecule has 15 heavy (non-hydrogen) atoms. The minimum Gasteiger partial charge on any atom is -0.351 e. The summed E-state index contributed by atoms with van der Waals surface area (Å²) >= 11 is 3.44. The monoisotopic (exact) mass is 269 g/mol. The topological polar surface area (TPSA) is 28.2 Å². The number of pyridine rings is 1. The SMILES string of the molecule is Cc1cc(Br)cnc1N1CCNCC1C. The highest BCUT2D eigenvalue weighted by Crippen LogP contribution is 2.22. The zero-order chi connectivity index (χ0) is 10.8. The van der Waals surface area contributed by atoms with E-state index in [1.165, 1.54) is 5.56 Å². The van der Waals surface area contributed by atoms with Gasteiger partial charge in [0, 0.05) is 36.3 Å². The molecular formula is C11H16BrN3. The highest BCUT2D eigenvalue weighted by molar-refractivity contribution is 9.10. The maximum Gasteiger partial charge on any atom is 0.131 e. The summed E-state index contributed by atoms with van der Waals surface area (Å²) in [5.74, 6) is 1.12. The molecule has 0 radical (unpaired) electrons. The van der Waals surface area contributed by atoms with Crippen molar-refractivity contribution in [1.82, 2.24) is 10.3 Å². The molecule has 1 N–H and O–H groups in total. The Bertz CT molecular complexity index is 354. The van der Waals surface area contributed by atoms with E-state index in [1.54, 1.807) is 0 Å². The Kier molecular flexibility index (Phi) is 3.26. The summed E-state index contributed by atoms with van der Waals surface area (Å²) in [5, 5.41) is 3.39. The van der Waals surface area contributed by atoms with E-state index >= 15 is 0 Å². The van der Waals surface area contributed by atoms with Gasteiger partial charge in [0.1, 0.15) is 5.82 Å². The number of anilines is 1. The van der Waals surface area contributed by atoms with Crippen molar-refractivity contribution >= 4 is 21.7 Å². The largest absolute Gasteiger partial charge is 0.351 e. The minimum atomic E-state index is 0.520. The van der Waals surface area contributed by atoms with E-state index in [0.29, 0.717) is 6.04 Å². The second-order valence-electron chi connectivity index (χ2n) is 4.04. The summed E-state index contributed by atoms with van der Waals surface area (Å²) in [6.45, 7) is 7.46. The number of halogens is 1. The molecule has 1 aliphatic rings. The van der Waals surface area contributed by atoms with Crippen LogP contribution in [0.25, 0.3) is 0 Å². The van der Waals surface area contributed by atoms with Gasteiger partial charge in [0.15, 0.2) is 0 Å². The average molecular weight is 270 g/mol. The molecule has 0 bridgehead atoms. The second-order valence-corrected chi connectivity index (χ2v) is 4.96. The Hall–Kier alpha value is -0.610. The number of hydrogen-bond acceptors (Lipinski definition) is 3. The van der Waals surface area contributed by atoms with Crippen molar-refractivity contribution in [2.75, 3.05) is 24.5 Å². The maximum absolute atomic E-state index is 4.50. The van der Waals surface area contributed by atoms with Crippen molar-refractivity contribution in [2.24, 2.45) is 0 Å². The molecule has 0 aliphatic carbocycles. The molecule has 2 heterocycles. The predicted octanol–water partition coefficient (Wildman–Crippen LogP) is 1.95. The van der Waals surface area contributed by atoms with Gasteiger partial charge in [-0.3, -0.25) is 0 Å². The van der Waals surface area contributed by atoms with Crippen LogP contribution in [0.3, 0.4) is 0 Å². The first-order valence-electron chi connectivity index (χ1n) is 5.28. The van der Waals surface area contributed by atoms with Crippen LogP contribution in [0.2, 0.25) is 0 Å². The Morgan fingerprint density at radius 3 is 3.07 bits per heavy atom. The zero-order valence-corrected chi connectivity index (χ0v) is 10.7. The van der Waals surface area contributed by atoms with Crippen LogP contribution in [0.5, 0.6) is 0 Å². The molecule has 0 spiro atoms. The third kappa shape index (κ3) is 2.32. The van der Waals surface area contributed by atoms with Gasteiger partial charge in [-0.25, -0.2) is 4.98 Å². The van der Waals surface area contributed by atoms with Crippen molar-refractivity contribution in [2.45, 2.75) is 19.9 Å². The molecule has 1 saturated heterocycles. The molecule has 1 unspecified atom stereocenters. The van der Waals surface area contributed by atoms with Crippen molar-refractivity contribution in [1.29, 1.82) is 0 Å². The van der Waals surface area contributed by atoms with Crippen LogP contribution in [-0.4, -0.2) is 30.7 Å². The fraction of sp³-hybridized carbons (Fsp3) is 0.545. The Balaban J connectivity index is 2.27. The smallest absolute Gasteiger partial charge is 0.131 e. The van der Waals surface area contributed by atoms with E-state index in [9.17, 15) is 0 Å². The molecule has 4 heteroatoms. The van der Waals surface area contributed by atoms with Gasteiger partial charge in [0.2, 0.25) is 0 Å². The molecule has 2 rings (SSSR count). The number of nitrogens with zero attached hydrogens (tertiary/aromatic N) is 2. The third-order valence-electron chi connectivity index (χ3n) is 2.79. The van der Waals surface area contributed by atoms with Crippen LogP contribution in [0.15, 0.2) is 16.7 Å². The van der Waals surface area contributed by atoms with Crippen LogP contribution in [0.1, 0.15) is 12.5 Å². The number of rotatable bonds is 1. The lowest BCUT2D eigenvalue weighted by Crippen LogP contribution is -2.50. The van der Waals surface area contributed by atoms with Crippen LogP contribution in [-0.2, 0) is 0 Å². The lowest BCUT2D eigenvalue weighted by molar-refractivity contribution is 0.496. The summed E-state index contributed by atoms with van der Waals surface area (Å²) in [7, 11) is 0. The lowest BCUT2D eigenvalue weighted by atomic mass is 10.2. The van der Waals surface area contributed by atoms with Gasteiger partial charge in [-0.15, -0.1) is 0 Å². The first-order chi connectivity index (χ1) is 7.18. The number of aromatic nitrogens is 1. The summed E-state index contributed by atoms with van der Waals surface area (Å²) in [6, 6.07) is 2.64. The van der Waals surface area contributed by atoms with E-state index in [2.05, 4.69) is 51.0 Å². The highest BCUT2D eigenvalue weighted by atomic mass is 79.9. The van der Waals surface area contributed by atoms with Crippen LogP contribution < -0.4 is 10.2 Å². The van der Waals surface area contributed by atoms with E-state index in [1.807, 2.05) is 6.20 Å². The third-order valence-corrected chi connectivity index (χ3v) is 3.22. The van der Waals surface area contributed by atoms with Gasteiger partial charge >= 0.3 is 0 Å². The molecule has 1 fully saturated rings. The quantitative estimate of drug-likeness (QED) is 0.845. The molecule has 1 aromatic rings. The molecule has 0 aromatic carbocycles. The molecule has 0 saturated carbocycles. The second kappa shape index (κ2) is 4.49. The van der Waals surface area contributed by atoms with E-state index in [-0.39, 0.29) is 0 Å². The Morgan fingerprint density at radius 2 is 2.40 bits per heavy atom. The van der Waals surface area contributed by atoms with Gasteiger partial charge in [0.25, 0.3) is 0 Å². The minimum absolute atomic E-state index is 0.520. The van der Waals surface area contributed by atoms with Crippen LogP contribution >= 0.6 is 15.9 Å². The number of piperazine rings is 1. The standard InChI is InChI=1S/C11H16BrN3/c1-8-5-10(12)7-14-11(8)15-4-3-13-6-9(15)2/h5,7,9,13H,3-4,6H2,1-2H3. The van der Waals surface area contributed by atoms with E-state index in [0.717, 1.165) is 29.9 Å². The van der Waals surface area contributed by atoms with Gasteiger partial charge in [-0.1, -0.05) is 0 Å². The summed E-state index contributed by atoms with van der Waals surface area (Å²) in [5.41, 5.74) is 1.23. The highest BCUT2D eigenvalue weighted by Gasteiger charge is 2.20. The summed E-state index contributed by atoms with van der Waals surface area (Å²) in [6.07, 6.45) is 1.87. The molecule has 0 amide bonds. The van der Waals surface area contributed by atoms with Gasteiger partial charge < -0.3 is 10.2 Å². The molecular weight excluding hydrogens is 254 g/mol. The molecule has 1 aromatic heterocycles. The first-order valence-corrected chi connectivity index (χ1v) is 6.07. The fourth-order valence-electron chi connectivity index (χ4n) is 1.99. The number of nitrogens with one attached hydrogen (secondary N) is 1. The summed E-state index contributed by atoms with van der Waals surface area (Å²) in [4.78, 5) is 6.88. The molecule has 3 nitrogen and oxygen atoms in total.